The highest BCUT2D eigenvalue weighted by molar-refractivity contribution is 5.85. The Morgan fingerprint density at radius 1 is 1.40 bits per heavy atom. The highest BCUT2D eigenvalue weighted by Gasteiger charge is 2.35. The Kier molecular flexibility index (Phi) is 5.40. The van der Waals surface area contributed by atoms with Crippen LogP contribution >= 0.6 is 0 Å². The summed E-state index contributed by atoms with van der Waals surface area (Å²) < 4.78 is 43.8. The van der Waals surface area contributed by atoms with Crippen molar-refractivity contribution in [3.8, 4) is 0 Å². The molecule has 0 spiro atoms. The lowest BCUT2D eigenvalue weighted by Crippen LogP contribution is -2.49. The van der Waals surface area contributed by atoms with Gasteiger partial charge in [-0.15, -0.1) is 0 Å². The number of aryl methyl sites for hydroxylation is 1. The van der Waals surface area contributed by atoms with Crippen LogP contribution in [-0.4, -0.2) is 63.6 Å². The summed E-state index contributed by atoms with van der Waals surface area (Å²) in [5.74, 6) is -2.24. The number of morpholine rings is 1. The predicted molar refractivity (Wildman–Crippen MR) is 80.1 cm³/mol. The molecule has 1 aliphatic heterocycles. The van der Waals surface area contributed by atoms with Crippen LogP contribution in [-0.2, 0) is 20.9 Å². The van der Waals surface area contributed by atoms with Crippen LogP contribution in [0.3, 0.4) is 0 Å². The highest BCUT2D eigenvalue weighted by atomic mass is 19.4. The fourth-order valence-electron chi connectivity index (χ4n) is 3.06. The monoisotopic (exact) mass is 363 g/mol. The minimum atomic E-state index is -4.41. The second-order valence-electron chi connectivity index (χ2n) is 6.06. The number of halogens is 3. The van der Waals surface area contributed by atoms with Crippen LogP contribution in [0.15, 0.2) is 0 Å². The van der Waals surface area contributed by atoms with Gasteiger partial charge in [0.15, 0.2) is 6.10 Å². The summed E-state index contributed by atoms with van der Waals surface area (Å²) >= 11 is 0. The molecule has 1 fully saturated rings. The molecule has 25 heavy (non-hydrogen) atoms. The van der Waals surface area contributed by atoms with Gasteiger partial charge in [0.2, 0.25) is 5.91 Å². The fourth-order valence-corrected chi connectivity index (χ4v) is 3.06. The number of carboxylic acids is 1. The maximum atomic E-state index is 12.7. The van der Waals surface area contributed by atoms with Gasteiger partial charge in [-0.1, -0.05) is 0 Å². The molecule has 140 valence electrons. The van der Waals surface area contributed by atoms with Gasteiger partial charge in [-0.3, -0.25) is 9.48 Å². The summed E-state index contributed by atoms with van der Waals surface area (Å²) in [4.78, 5) is 25.1. The van der Waals surface area contributed by atoms with Crippen molar-refractivity contribution in [1.82, 2.24) is 14.7 Å². The van der Waals surface area contributed by atoms with Crippen LogP contribution < -0.4 is 0 Å². The molecule has 1 aliphatic rings. The van der Waals surface area contributed by atoms with Crippen LogP contribution in [0.1, 0.15) is 29.8 Å². The number of carbonyl (C=O) groups is 2. The van der Waals surface area contributed by atoms with E-state index in [0.29, 0.717) is 11.3 Å². The summed E-state index contributed by atoms with van der Waals surface area (Å²) in [6, 6.07) is 0. The standard InChI is InChI=1S/C15H20F3N3O4/c1-8(13(22)20-4-5-25-11(6-20)14(23)24)12-9(2)19-21(10(12)3)7-15(16,17)18/h8,11H,4-7H2,1-3H3,(H,23,24). The molecule has 2 heterocycles. The molecule has 1 N–H and O–H groups in total. The molecule has 0 aliphatic carbocycles. The summed E-state index contributed by atoms with van der Waals surface area (Å²) in [7, 11) is 0. The number of aliphatic carboxylic acids is 1. The number of rotatable bonds is 4. The minimum Gasteiger partial charge on any atom is -0.479 e. The van der Waals surface area contributed by atoms with Gasteiger partial charge in [0, 0.05) is 17.8 Å². The molecule has 1 amide bonds. The number of ether oxygens (including phenoxy) is 1. The smallest absolute Gasteiger partial charge is 0.408 e. The Morgan fingerprint density at radius 2 is 2.04 bits per heavy atom. The number of amides is 1. The van der Waals surface area contributed by atoms with Crippen molar-refractivity contribution in [1.29, 1.82) is 0 Å². The van der Waals surface area contributed by atoms with Crippen molar-refractivity contribution >= 4 is 11.9 Å². The zero-order valence-electron chi connectivity index (χ0n) is 14.1. The maximum Gasteiger partial charge on any atom is 0.408 e. The van der Waals surface area contributed by atoms with E-state index in [1.165, 1.54) is 11.8 Å². The quantitative estimate of drug-likeness (QED) is 0.876. The van der Waals surface area contributed by atoms with Crippen molar-refractivity contribution in [3.05, 3.63) is 17.0 Å². The van der Waals surface area contributed by atoms with E-state index in [-0.39, 0.29) is 31.3 Å². The van der Waals surface area contributed by atoms with Gasteiger partial charge in [0.25, 0.3) is 0 Å². The molecule has 2 unspecified atom stereocenters. The molecule has 7 nitrogen and oxygen atoms in total. The van der Waals surface area contributed by atoms with Crippen molar-refractivity contribution in [2.24, 2.45) is 0 Å². The number of nitrogens with zero attached hydrogens (tertiary/aromatic N) is 3. The first-order valence-electron chi connectivity index (χ1n) is 7.75. The van der Waals surface area contributed by atoms with E-state index >= 15 is 0 Å². The van der Waals surface area contributed by atoms with Crippen molar-refractivity contribution < 1.29 is 32.6 Å². The van der Waals surface area contributed by atoms with E-state index in [2.05, 4.69) is 5.10 Å². The first-order valence-corrected chi connectivity index (χ1v) is 7.75. The third-order valence-corrected chi connectivity index (χ3v) is 4.22. The highest BCUT2D eigenvalue weighted by Crippen LogP contribution is 2.28. The Morgan fingerprint density at radius 3 is 2.60 bits per heavy atom. The van der Waals surface area contributed by atoms with Crippen LogP contribution in [0.2, 0.25) is 0 Å². The molecule has 0 radical (unpaired) electrons. The zero-order chi connectivity index (χ0) is 18.9. The molecule has 10 heteroatoms. The zero-order valence-corrected chi connectivity index (χ0v) is 14.1. The normalized spacial score (nSPS) is 19.8. The lowest BCUT2D eigenvalue weighted by molar-refractivity contribution is -0.159. The summed E-state index contributed by atoms with van der Waals surface area (Å²) in [6.45, 7) is 3.65. The molecular formula is C15H20F3N3O4. The van der Waals surface area contributed by atoms with Gasteiger partial charge in [-0.05, 0) is 20.8 Å². The number of alkyl halides is 3. The lowest BCUT2D eigenvalue weighted by Gasteiger charge is -2.32. The van der Waals surface area contributed by atoms with Gasteiger partial charge >= 0.3 is 12.1 Å². The molecule has 0 aromatic carbocycles. The fraction of sp³-hybridized carbons (Fsp3) is 0.667. The van der Waals surface area contributed by atoms with Gasteiger partial charge in [0.1, 0.15) is 6.54 Å². The first-order chi connectivity index (χ1) is 11.5. The number of carboxylic acid groups (broad SMARTS) is 1. The third kappa shape index (κ3) is 4.30. The molecule has 0 saturated carbocycles. The van der Waals surface area contributed by atoms with E-state index in [1.54, 1.807) is 13.8 Å². The Hall–Kier alpha value is -2.10. The molecule has 2 atom stereocenters. The second kappa shape index (κ2) is 7.03. The van der Waals surface area contributed by atoms with E-state index in [4.69, 9.17) is 9.84 Å². The van der Waals surface area contributed by atoms with Crippen molar-refractivity contribution in [3.63, 3.8) is 0 Å². The van der Waals surface area contributed by atoms with Crippen molar-refractivity contribution in [2.45, 2.75) is 45.5 Å². The lowest BCUT2D eigenvalue weighted by atomic mass is 9.97. The van der Waals surface area contributed by atoms with Gasteiger partial charge in [0.05, 0.1) is 24.8 Å². The molecule has 1 aromatic rings. The molecular weight excluding hydrogens is 343 g/mol. The van der Waals surface area contributed by atoms with Crippen LogP contribution in [0, 0.1) is 13.8 Å². The number of hydrogen-bond acceptors (Lipinski definition) is 4. The Balaban J connectivity index is 2.21. The minimum absolute atomic E-state index is 0.0900. The number of carbonyl (C=O) groups excluding carboxylic acids is 1. The number of aromatic nitrogens is 2. The number of hydrogen-bond donors (Lipinski definition) is 1. The molecule has 1 aromatic heterocycles. The third-order valence-electron chi connectivity index (χ3n) is 4.22. The second-order valence-corrected chi connectivity index (χ2v) is 6.06. The van der Waals surface area contributed by atoms with Crippen LogP contribution in [0.4, 0.5) is 13.2 Å². The van der Waals surface area contributed by atoms with E-state index < -0.39 is 30.7 Å². The topological polar surface area (TPSA) is 84.7 Å². The van der Waals surface area contributed by atoms with Gasteiger partial charge < -0.3 is 14.7 Å². The predicted octanol–water partition coefficient (Wildman–Crippen LogP) is 1.48. The van der Waals surface area contributed by atoms with E-state index in [9.17, 15) is 22.8 Å². The summed E-state index contributed by atoms with van der Waals surface area (Å²) in [5.41, 5.74) is 1.07. The average Bonchev–Trinajstić information content (AvgIpc) is 2.78. The van der Waals surface area contributed by atoms with Crippen LogP contribution in [0.25, 0.3) is 0 Å². The molecule has 1 saturated heterocycles. The SMILES string of the molecule is Cc1nn(CC(F)(F)F)c(C)c1C(C)C(=O)N1CCOC(C(=O)O)C1. The van der Waals surface area contributed by atoms with Gasteiger partial charge in [-0.25, -0.2) is 4.79 Å². The summed E-state index contributed by atoms with van der Waals surface area (Å²) in [5, 5.41) is 12.9. The summed E-state index contributed by atoms with van der Waals surface area (Å²) in [6.07, 6.45) is -5.51. The first kappa shape index (κ1) is 19.2. The maximum absolute atomic E-state index is 12.7. The van der Waals surface area contributed by atoms with Crippen LogP contribution in [0.5, 0.6) is 0 Å². The Bertz CT molecular complexity index is 672. The molecule has 2 rings (SSSR count). The van der Waals surface area contributed by atoms with E-state index in [0.717, 1.165) is 4.68 Å². The molecule has 0 bridgehead atoms. The average molecular weight is 363 g/mol. The van der Waals surface area contributed by atoms with E-state index in [1.807, 2.05) is 0 Å². The van der Waals surface area contributed by atoms with Gasteiger partial charge in [-0.2, -0.15) is 18.3 Å². The van der Waals surface area contributed by atoms with Crippen molar-refractivity contribution in [2.75, 3.05) is 19.7 Å². The largest absolute Gasteiger partial charge is 0.479 e. The Labute approximate surface area is 142 Å².